The van der Waals surface area contributed by atoms with Crippen molar-refractivity contribution in [1.82, 2.24) is 5.32 Å². The van der Waals surface area contributed by atoms with E-state index in [1.165, 1.54) is 0 Å². The van der Waals surface area contributed by atoms with Gasteiger partial charge in [0.25, 0.3) is 5.92 Å². The van der Waals surface area contributed by atoms with Crippen molar-refractivity contribution in [2.45, 2.75) is 52.0 Å². The quantitative estimate of drug-likeness (QED) is 0.711. The molecule has 0 aliphatic rings. The molecule has 0 saturated heterocycles. The van der Waals surface area contributed by atoms with Gasteiger partial charge in [-0.3, -0.25) is 4.79 Å². The minimum Gasteiger partial charge on any atom is -0.396 e. The number of aliphatic hydroxyl groups excluding tert-OH is 1. The third kappa shape index (κ3) is 7.56. The number of aliphatic hydroxyl groups is 1. The topological polar surface area (TPSA) is 49.3 Å². The Labute approximate surface area is 95.2 Å². The molecule has 0 aliphatic carbocycles. The standard InChI is InChI=1S/C11H21F2NO2/c1-4-9(5-8(2)7-15)14-10(16)6-11(3,12)13/h8-9,15H,4-7H2,1-3H3,(H,14,16)/t8-,9-/m0/s1. The van der Waals surface area contributed by atoms with Crippen LogP contribution < -0.4 is 5.32 Å². The lowest BCUT2D eigenvalue weighted by molar-refractivity contribution is -0.128. The molecule has 0 spiro atoms. The van der Waals surface area contributed by atoms with Crippen molar-refractivity contribution in [2.24, 2.45) is 5.92 Å². The van der Waals surface area contributed by atoms with Crippen molar-refractivity contribution < 1.29 is 18.7 Å². The van der Waals surface area contributed by atoms with E-state index in [1.807, 2.05) is 13.8 Å². The van der Waals surface area contributed by atoms with Crippen LogP contribution >= 0.6 is 0 Å². The van der Waals surface area contributed by atoms with E-state index >= 15 is 0 Å². The minimum absolute atomic E-state index is 0.0380. The number of hydrogen-bond acceptors (Lipinski definition) is 2. The maximum atomic E-state index is 12.6. The highest BCUT2D eigenvalue weighted by Crippen LogP contribution is 2.17. The molecule has 5 heteroatoms. The largest absolute Gasteiger partial charge is 0.396 e. The van der Waals surface area contributed by atoms with Crippen LogP contribution in [-0.2, 0) is 4.79 Å². The molecule has 0 rings (SSSR count). The zero-order valence-electron chi connectivity index (χ0n) is 10.1. The number of nitrogens with one attached hydrogen (secondary N) is 1. The Morgan fingerprint density at radius 2 is 2.06 bits per heavy atom. The van der Waals surface area contributed by atoms with Crippen LogP contribution in [0.3, 0.4) is 0 Å². The molecular weight excluding hydrogens is 216 g/mol. The van der Waals surface area contributed by atoms with E-state index in [0.717, 1.165) is 6.92 Å². The van der Waals surface area contributed by atoms with Crippen molar-refractivity contribution in [2.75, 3.05) is 6.61 Å². The summed E-state index contributed by atoms with van der Waals surface area (Å²) in [5.74, 6) is -3.54. The van der Waals surface area contributed by atoms with E-state index in [-0.39, 0.29) is 18.6 Å². The van der Waals surface area contributed by atoms with Crippen LogP contribution in [0.2, 0.25) is 0 Å². The highest BCUT2D eigenvalue weighted by atomic mass is 19.3. The first-order valence-electron chi connectivity index (χ1n) is 5.56. The third-order valence-corrected chi connectivity index (χ3v) is 2.33. The van der Waals surface area contributed by atoms with Crippen molar-refractivity contribution >= 4 is 5.91 Å². The number of halogens is 2. The summed E-state index contributed by atoms with van der Waals surface area (Å²) in [4.78, 5) is 11.2. The van der Waals surface area contributed by atoms with E-state index in [1.54, 1.807) is 0 Å². The lowest BCUT2D eigenvalue weighted by atomic mass is 10.0. The molecule has 0 aromatic heterocycles. The van der Waals surface area contributed by atoms with Crippen molar-refractivity contribution in [1.29, 1.82) is 0 Å². The molecule has 0 unspecified atom stereocenters. The van der Waals surface area contributed by atoms with Gasteiger partial charge in [0.15, 0.2) is 0 Å². The number of hydrogen-bond donors (Lipinski definition) is 2. The molecule has 16 heavy (non-hydrogen) atoms. The molecule has 0 aromatic rings. The van der Waals surface area contributed by atoms with Crippen LogP contribution in [-0.4, -0.2) is 29.6 Å². The summed E-state index contributed by atoms with van der Waals surface area (Å²) in [5, 5.41) is 11.4. The minimum atomic E-state index is -2.97. The molecule has 0 fully saturated rings. The van der Waals surface area contributed by atoms with Gasteiger partial charge in [-0.05, 0) is 25.7 Å². The second kappa shape index (κ2) is 6.78. The second-order valence-corrected chi connectivity index (χ2v) is 4.44. The Morgan fingerprint density at radius 3 is 2.44 bits per heavy atom. The van der Waals surface area contributed by atoms with Crippen LogP contribution in [0.5, 0.6) is 0 Å². The molecule has 0 aliphatic heterocycles. The molecule has 1 amide bonds. The Kier molecular flexibility index (Phi) is 6.48. The Morgan fingerprint density at radius 1 is 1.50 bits per heavy atom. The summed E-state index contributed by atoms with van der Waals surface area (Å²) < 4.78 is 25.1. The molecule has 2 N–H and O–H groups in total. The Hall–Kier alpha value is -0.710. The summed E-state index contributed by atoms with van der Waals surface area (Å²) in [7, 11) is 0. The molecule has 0 saturated carbocycles. The second-order valence-electron chi connectivity index (χ2n) is 4.44. The SMILES string of the molecule is CC[C@@H](C[C@H](C)CO)NC(=O)CC(C)(F)F. The molecule has 96 valence electrons. The summed E-state index contributed by atoms with van der Waals surface area (Å²) in [6, 6.07) is -0.142. The monoisotopic (exact) mass is 237 g/mol. The predicted octanol–water partition coefficient (Wildman–Crippen LogP) is 1.94. The molecule has 2 atom stereocenters. The highest BCUT2D eigenvalue weighted by molar-refractivity contribution is 5.77. The summed E-state index contributed by atoms with van der Waals surface area (Å²) in [5.41, 5.74) is 0. The first-order chi connectivity index (χ1) is 7.28. The number of carbonyl (C=O) groups excluding carboxylic acids is 1. The number of amides is 1. The summed E-state index contributed by atoms with van der Waals surface area (Å²) >= 11 is 0. The van der Waals surface area contributed by atoms with E-state index in [9.17, 15) is 13.6 Å². The van der Waals surface area contributed by atoms with Gasteiger partial charge in [0.1, 0.15) is 0 Å². The van der Waals surface area contributed by atoms with Crippen LogP contribution in [0, 0.1) is 5.92 Å². The predicted molar refractivity (Wildman–Crippen MR) is 58.3 cm³/mol. The van der Waals surface area contributed by atoms with Gasteiger partial charge in [0.2, 0.25) is 5.91 Å². The first-order valence-corrected chi connectivity index (χ1v) is 5.56. The van der Waals surface area contributed by atoms with Crippen molar-refractivity contribution in [3.05, 3.63) is 0 Å². The Balaban J connectivity index is 4.07. The van der Waals surface area contributed by atoms with E-state index in [0.29, 0.717) is 12.8 Å². The maximum absolute atomic E-state index is 12.6. The zero-order valence-corrected chi connectivity index (χ0v) is 10.1. The maximum Gasteiger partial charge on any atom is 0.254 e. The smallest absolute Gasteiger partial charge is 0.254 e. The van der Waals surface area contributed by atoms with Gasteiger partial charge < -0.3 is 10.4 Å². The van der Waals surface area contributed by atoms with Gasteiger partial charge in [-0.2, -0.15) is 0 Å². The van der Waals surface area contributed by atoms with Gasteiger partial charge >= 0.3 is 0 Å². The van der Waals surface area contributed by atoms with Crippen LogP contribution in [0.4, 0.5) is 8.78 Å². The van der Waals surface area contributed by atoms with Crippen LogP contribution in [0.25, 0.3) is 0 Å². The van der Waals surface area contributed by atoms with Crippen molar-refractivity contribution in [3.63, 3.8) is 0 Å². The molecule has 3 nitrogen and oxygen atoms in total. The van der Waals surface area contributed by atoms with Crippen LogP contribution in [0.15, 0.2) is 0 Å². The van der Waals surface area contributed by atoms with Gasteiger partial charge in [-0.1, -0.05) is 13.8 Å². The molecular formula is C11H21F2NO2. The molecule has 0 aromatic carbocycles. The van der Waals surface area contributed by atoms with E-state index in [4.69, 9.17) is 5.11 Å². The Bertz CT molecular complexity index is 217. The van der Waals surface area contributed by atoms with E-state index < -0.39 is 18.3 Å². The average Bonchev–Trinajstić information content (AvgIpc) is 2.13. The fraction of sp³-hybridized carbons (Fsp3) is 0.909. The molecule has 0 bridgehead atoms. The first kappa shape index (κ1) is 15.3. The third-order valence-electron chi connectivity index (χ3n) is 2.33. The lowest BCUT2D eigenvalue weighted by Crippen LogP contribution is -2.38. The summed E-state index contributed by atoms with van der Waals surface area (Å²) in [6.45, 7) is 4.49. The van der Waals surface area contributed by atoms with E-state index in [2.05, 4.69) is 5.32 Å². The van der Waals surface area contributed by atoms with Gasteiger partial charge in [-0.15, -0.1) is 0 Å². The fourth-order valence-corrected chi connectivity index (χ4v) is 1.45. The van der Waals surface area contributed by atoms with Gasteiger partial charge in [0.05, 0.1) is 6.42 Å². The fourth-order valence-electron chi connectivity index (χ4n) is 1.45. The van der Waals surface area contributed by atoms with Gasteiger partial charge in [-0.25, -0.2) is 8.78 Å². The average molecular weight is 237 g/mol. The van der Waals surface area contributed by atoms with Gasteiger partial charge in [0, 0.05) is 12.6 Å². The number of carbonyl (C=O) groups is 1. The highest BCUT2D eigenvalue weighted by Gasteiger charge is 2.26. The van der Waals surface area contributed by atoms with Crippen LogP contribution in [0.1, 0.15) is 40.0 Å². The van der Waals surface area contributed by atoms with Crippen molar-refractivity contribution in [3.8, 4) is 0 Å². The zero-order chi connectivity index (χ0) is 12.8. The molecule has 0 heterocycles. The number of alkyl halides is 2. The normalized spacial score (nSPS) is 15.6. The molecule has 0 radical (unpaired) electrons. The lowest BCUT2D eigenvalue weighted by Gasteiger charge is -2.20. The number of rotatable bonds is 7. The summed E-state index contributed by atoms with van der Waals surface area (Å²) in [6.07, 6.45) is 0.496.